The van der Waals surface area contributed by atoms with Gasteiger partial charge in [0.05, 0.1) is 6.61 Å². The zero-order valence-corrected chi connectivity index (χ0v) is 25.5. The Morgan fingerprint density at radius 2 is 0.816 bits per heavy atom. The molecule has 1 atom stereocenters. The van der Waals surface area contributed by atoms with Crippen LogP contribution in [0.4, 0.5) is 0 Å². The van der Waals surface area contributed by atoms with Crippen LogP contribution in [-0.4, -0.2) is 36.4 Å². The molecule has 0 radical (unpaired) electrons. The van der Waals surface area contributed by atoms with Crippen molar-refractivity contribution in [1.82, 2.24) is 0 Å². The van der Waals surface area contributed by atoms with E-state index in [1.807, 2.05) is 0 Å². The fourth-order valence-electron chi connectivity index (χ4n) is 4.85. The van der Waals surface area contributed by atoms with E-state index in [4.69, 9.17) is 9.47 Å². The van der Waals surface area contributed by atoms with Crippen LogP contribution in [0.25, 0.3) is 0 Å². The highest BCUT2D eigenvalue weighted by Crippen LogP contribution is 2.15. The Morgan fingerprint density at radius 1 is 0.500 bits per heavy atom. The minimum atomic E-state index is -0.757. The molecule has 0 saturated heterocycles. The second-order valence-electron chi connectivity index (χ2n) is 11.3. The van der Waals surface area contributed by atoms with Crippen LogP contribution in [0.5, 0.6) is 0 Å². The number of esters is 2. The van der Waals surface area contributed by atoms with Gasteiger partial charge in [-0.25, -0.2) is 0 Å². The third kappa shape index (κ3) is 27.9. The van der Waals surface area contributed by atoms with E-state index in [1.54, 1.807) is 0 Å². The first-order valence-corrected chi connectivity index (χ1v) is 16.6. The Kier molecular flexibility index (Phi) is 29.6. The van der Waals surface area contributed by atoms with E-state index < -0.39 is 6.10 Å². The number of aliphatic hydroxyl groups excluding tert-OH is 1. The van der Waals surface area contributed by atoms with E-state index in [0.29, 0.717) is 12.8 Å². The van der Waals surface area contributed by atoms with Crippen LogP contribution in [0.3, 0.4) is 0 Å². The summed E-state index contributed by atoms with van der Waals surface area (Å²) < 4.78 is 10.4. The van der Waals surface area contributed by atoms with Crippen molar-refractivity contribution < 1.29 is 24.2 Å². The lowest BCUT2D eigenvalue weighted by atomic mass is 10.0. The van der Waals surface area contributed by atoms with Gasteiger partial charge in [0.15, 0.2) is 6.10 Å². The molecule has 0 aliphatic heterocycles. The van der Waals surface area contributed by atoms with E-state index in [0.717, 1.165) is 44.9 Å². The van der Waals surface area contributed by atoms with Gasteiger partial charge in [-0.2, -0.15) is 0 Å². The van der Waals surface area contributed by atoms with Gasteiger partial charge in [-0.3, -0.25) is 9.59 Å². The van der Waals surface area contributed by atoms with Crippen LogP contribution in [0.1, 0.15) is 181 Å². The molecule has 0 rings (SSSR count). The first-order valence-electron chi connectivity index (χ1n) is 16.6. The topological polar surface area (TPSA) is 72.8 Å². The summed E-state index contributed by atoms with van der Waals surface area (Å²) in [4.78, 5) is 23.8. The Hall–Kier alpha value is -1.10. The van der Waals surface area contributed by atoms with Crippen molar-refractivity contribution in [2.75, 3.05) is 13.2 Å². The summed E-state index contributed by atoms with van der Waals surface area (Å²) in [6.45, 7) is 4.02. The Balaban J connectivity index is 3.40. The Labute approximate surface area is 236 Å². The highest BCUT2D eigenvalue weighted by molar-refractivity contribution is 5.70. The van der Waals surface area contributed by atoms with Gasteiger partial charge in [-0.1, -0.05) is 155 Å². The van der Waals surface area contributed by atoms with E-state index in [1.165, 1.54) is 109 Å². The maximum Gasteiger partial charge on any atom is 0.306 e. The summed E-state index contributed by atoms with van der Waals surface area (Å²) in [7, 11) is 0. The molecule has 0 fully saturated rings. The molecule has 0 aromatic heterocycles. The Morgan fingerprint density at radius 3 is 1.18 bits per heavy atom. The fraction of sp³-hybridized carbons (Fsp3) is 0.939. The first kappa shape index (κ1) is 36.9. The maximum absolute atomic E-state index is 12.0. The monoisotopic (exact) mass is 540 g/mol. The minimum Gasteiger partial charge on any atom is -0.462 e. The number of rotatable bonds is 30. The van der Waals surface area contributed by atoms with Gasteiger partial charge in [0.25, 0.3) is 0 Å². The fourth-order valence-corrected chi connectivity index (χ4v) is 4.85. The molecule has 0 aromatic carbocycles. The van der Waals surface area contributed by atoms with Gasteiger partial charge < -0.3 is 14.6 Å². The smallest absolute Gasteiger partial charge is 0.306 e. The van der Waals surface area contributed by atoms with Crippen molar-refractivity contribution in [3.05, 3.63) is 0 Å². The highest BCUT2D eigenvalue weighted by Gasteiger charge is 2.16. The van der Waals surface area contributed by atoms with Crippen LogP contribution in [0, 0.1) is 0 Å². The molecule has 0 spiro atoms. The predicted molar refractivity (Wildman–Crippen MR) is 159 cm³/mol. The summed E-state index contributed by atoms with van der Waals surface area (Å²) in [5.41, 5.74) is 0. The molecule has 5 nitrogen and oxygen atoms in total. The number of hydrogen-bond donors (Lipinski definition) is 1. The van der Waals surface area contributed by atoms with Crippen molar-refractivity contribution in [2.45, 2.75) is 187 Å². The number of hydrogen-bond acceptors (Lipinski definition) is 5. The molecule has 0 saturated carbocycles. The second-order valence-corrected chi connectivity index (χ2v) is 11.3. The van der Waals surface area contributed by atoms with Crippen molar-refractivity contribution in [1.29, 1.82) is 0 Å². The third-order valence-electron chi connectivity index (χ3n) is 7.40. The Bertz CT molecular complexity index is 508. The zero-order valence-electron chi connectivity index (χ0n) is 25.5. The molecule has 38 heavy (non-hydrogen) atoms. The predicted octanol–water partition coefficient (Wildman–Crippen LogP) is 9.62. The number of carbonyl (C=O) groups is 2. The highest BCUT2D eigenvalue weighted by atomic mass is 16.6. The van der Waals surface area contributed by atoms with Gasteiger partial charge in [0, 0.05) is 12.8 Å². The molecule has 0 bridgehead atoms. The molecule has 0 heterocycles. The molecule has 0 amide bonds. The number of unbranched alkanes of at least 4 members (excludes halogenated alkanes) is 22. The van der Waals surface area contributed by atoms with Gasteiger partial charge in [0.2, 0.25) is 0 Å². The molecular weight excluding hydrogens is 476 g/mol. The zero-order chi connectivity index (χ0) is 27.9. The van der Waals surface area contributed by atoms with E-state index in [-0.39, 0.29) is 25.2 Å². The van der Waals surface area contributed by atoms with Crippen LogP contribution in [0.2, 0.25) is 0 Å². The van der Waals surface area contributed by atoms with Crippen molar-refractivity contribution >= 4 is 11.9 Å². The summed E-state index contributed by atoms with van der Waals surface area (Å²) in [5, 5.41) is 9.41. The first-order chi connectivity index (χ1) is 18.6. The lowest BCUT2D eigenvalue weighted by Gasteiger charge is -2.15. The summed E-state index contributed by atoms with van der Waals surface area (Å²) in [6, 6.07) is 0. The van der Waals surface area contributed by atoms with Crippen molar-refractivity contribution in [3.63, 3.8) is 0 Å². The van der Waals surface area contributed by atoms with Gasteiger partial charge in [-0.15, -0.1) is 0 Å². The lowest BCUT2D eigenvalue weighted by Crippen LogP contribution is -2.28. The van der Waals surface area contributed by atoms with Crippen molar-refractivity contribution in [2.24, 2.45) is 0 Å². The van der Waals surface area contributed by atoms with Crippen molar-refractivity contribution in [3.8, 4) is 0 Å². The lowest BCUT2D eigenvalue weighted by molar-refractivity contribution is -0.161. The summed E-state index contributed by atoms with van der Waals surface area (Å²) in [6.07, 6.45) is 30.7. The largest absolute Gasteiger partial charge is 0.462 e. The SMILES string of the molecule is CCCCCCCCCCCCCCCCCCCCCCC(=O)OC(CO)COC(=O)CCCCCC. The van der Waals surface area contributed by atoms with E-state index in [9.17, 15) is 14.7 Å². The normalized spacial score (nSPS) is 12.0. The molecule has 1 unspecified atom stereocenters. The average molecular weight is 541 g/mol. The standard InChI is InChI=1S/C33H64O5/c1-3-5-7-9-10-11-12-13-14-15-16-17-18-19-20-21-22-23-24-26-28-33(36)38-31(29-34)30-37-32(35)27-25-8-6-4-2/h31,34H,3-30H2,1-2H3. The quantitative estimate of drug-likeness (QED) is 0.0725. The maximum atomic E-state index is 12.0. The van der Waals surface area contributed by atoms with E-state index in [2.05, 4.69) is 13.8 Å². The third-order valence-corrected chi connectivity index (χ3v) is 7.40. The molecule has 0 aliphatic carbocycles. The second kappa shape index (κ2) is 30.4. The molecule has 226 valence electrons. The van der Waals surface area contributed by atoms with Crippen LogP contribution < -0.4 is 0 Å². The average Bonchev–Trinajstić information content (AvgIpc) is 2.92. The van der Waals surface area contributed by atoms with Gasteiger partial charge in [0.1, 0.15) is 6.61 Å². The van der Waals surface area contributed by atoms with E-state index >= 15 is 0 Å². The summed E-state index contributed by atoms with van der Waals surface area (Å²) in [5.74, 6) is -0.602. The van der Waals surface area contributed by atoms with Gasteiger partial charge >= 0.3 is 11.9 Å². The van der Waals surface area contributed by atoms with Crippen LogP contribution in [0.15, 0.2) is 0 Å². The van der Waals surface area contributed by atoms with Crippen LogP contribution in [-0.2, 0) is 19.1 Å². The minimum absolute atomic E-state index is 0.0614. The molecule has 1 N–H and O–H groups in total. The number of ether oxygens (including phenoxy) is 2. The number of carbonyl (C=O) groups excluding carboxylic acids is 2. The molecular formula is C33H64O5. The summed E-state index contributed by atoms with van der Waals surface area (Å²) >= 11 is 0. The van der Waals surface area contributed by atoms with Gasteiger partial charge in [-0.05, 0) is 12.8 Å². The number of aliphatic hydroxyl groups is 1. The molecule has 5 heteroatoms. The molecule has 0 aliphatic rings. The van der Waals surface area contributed by atoms with Crippen LogP contribution >= 0.6 is 0 Å². The molecule has 0 aromatic rings.